The fourth-order valence-corrected chi connectivity index (χ4v) is 1.45. The van der Waals surface area contributed by atoms with E-state index < -0.39 is 16.8 Å². The average Bonchev–Trinajstić information content (AvgIpc) is 2.09. The van der Waals surface area contributed by atoms with Crippen molar-refractivity contribution in [3.05, 3.63) is 22.6 Å². The number of carboxylic acids is 1. The maximum atomic E-state index is 13.1. The minimum Gasteiger partial charge on any atom is -0.478 e. The maximum absolute atomic E-state index is 13.1. The molecule has 0 saturated heterocycles. The minimum absolute atomic E-state index is 0.0926. The van der Waals surface area contributed by atoms with Crippen LogP contribution < -0.4 is 0 Å². The van der Waals surface area contributed by atoms with Crippen LogP contribution in [0.4, 0.5) is 4.39 Å². The predicted octanol–water partition coefficient (Wildman–Crippen LogP) is 2.29. The predicted molar refractivity (Wildman–Crippen MR) is 47.9 cm³/mol. The fourth-order valence-electron chi connectivity index (χ4n) is 0.740. The molecule has 13 heavy (non-hydrogen) atoms. The van der Waals surface area contributed by atoms with E-state index in [2.05, 4.69) is 4.98 Å². The summed E-state index contributed by atoms with van der Waals surface area (Å²) in [4.78, 5) is 14.1. The largest absolute Gasteiger partial charge is 0.478 e. The summed E-state index contributed by atoms with van der Waals surface area (Å²) >= 11 is 6.53. The zero-order chi connectivity index (χ0) is 10.0. The first-order chi connectivity index (χ1) is 6.07. The molecule has 1 aromatic rings. The van der Waals surface area contributed by atoms with Crippen molar-refractivity contribution in [3.63, 3.8) is 0 Å². The Morgan fingerprint density at radius 3 is 2.85 bits per heavy atom. The van der Waals surface area contributed by atoms with E-state index in [9.17, 15) is 9.18 Å². The minimum atomic E-state index is -1.29. The van der Waals surface area contributed by atoms with Crippen molar-refractivity contribution in [1.82, 2.24) is 4.98 Å². The summed E-state index contributed by atoms with van der Waals surface area (Å²) in [6.07, 6.45) is 2.67. The molecule has 0 atom stereocenters. The number of thioether (sulfide) groups is 1. The number of carbonyl (C=O) groups is 1. The van der Waals surface area contributed by atoms with Gasteiger partial charge in [0.05, 0.1) is 10.6 Å². The van der Waals surface area contributed by atoms with Crippen molar-refractivity contribution in [3.8, 4) is 0 Å². The van der Waals surface area contributed by atoms with Crippen molar-refractivity contribution in [2.24, 2.45) is 0 Å². The van der Waals surface area contributed by atoms with Crippen LogP contribution in [-0.2, 0) is 0 Å². The number of pyridine rings is 1. The molecule has 0 unspecified atom stereocenters. The number of hydrogen-bond acceptors (Lipinski definition) is 3. The summed E-state index contributed by atoms with van der Waals surface area (Å²) in [5.41, 5.74) is -0.322. The van der Waals surface area contributed by atoms with Gasteiger partial charge < -0.3 is 5.11 Å². The summed E-state index contributed by atoms with van der Waals surface area (Å²) < 4.78 is 13.1. The summed E-state index contributed by atoms with van der Waals surface area (Å²) in [6.45, 7) is 0. The third kappa shape index (κ3) is 1.92. The van der Waals surface area contributed by atoms with Crippen LogP contribution in [0.1, 0.15) is 10.4 Å². The van der Waals surface area contributed by atoms with Crippen LogP contribution in [0, 0.1) is 5.82 Å². The van der Waals surface area contributed by atoms with Gasteiger partial charge in [-0.25, -0.2) is 14.2 Å². The maximum Gasteiger partial charge on any atom is 0.338 e. The van der Waals surface area contributed by atoms with E-state index in [0.717, 1.165) is 18.0 Å². The van der Waals surface area contributed by atoms with Crippen LogP contribution in [0.15, 0.2) is 11.2 Å². The average molecular weight is 222 g/mol. The van der Waals surface area contributed by atoms with Gasteiger partial charge in [-0.3, -0.25) is 0 Å². The van der Waals surface area contributed by atoms with Gasteiger partial charge in [0, 0.05) is 6.20 Å². The first kappa shape index (κ1) is 10.3. The molecule has 1 N–H and O–H groups in total. The van der Waals surface area contributed by atoms with Gasteiger partial charge in [-0.2, -0.15) is 0 Å². The third-order valence-corrected chi connectivity index (χ3v) is 2.39. The molecule has 0 aliphatic carbocycles. The molecule has 0 radical (unpaired) electrons. The monoisotopic (exact) mass is 221 g/mol. The number of carboxylic acid groups (broad SMARTS) is 1. The lowest BCUT2D eigenvalue weighted by molar-refractivity contribution is 0.0696. The Kier molecular flexibility index (Phi) is 3.11. The first-order valence-electron chi connectivity index (χ1n) is 3.19. The van der Waals surface area contributed by atoms with Gasteiger partial charge in [0.15, 0.2) is 5.82 Å². The lowest BCUT2D eigenvalue weighted by Gasteiger charge is -2.02. The molecule has 0 amide bonds. The van der Waals surface area contributed by atoms with E-state index in [1.54, 1.807) is 6.26 Å². The molecule has 6 heteroatoms. The van der Waals surface area contributed by atoms with Crippen LogP contribution in [0.25, 0.3) is 0 Å². The normalized spacial score (nSPS) is 10.1. The number of aromatic carboxylic acids is 1. The second-order valence-electron chi connectivity index (χ2n) is 2.11. The van der Waals surface area contributed by atoms with Gasteiger partial charge in [-0.15, -0.1) is 11.8 Å². The number of nitrogens with zero attached hydrogens (tertiary/aromatic N) is 1. The van der Waals surface area contributed by atoms with Crippen molar-refractivity contribution < 1.29 is 14.3 Å². The first-order valence-corrected chi connectivity index (χ1v) is 4.79. The number of hydrogen-bond donors (Lipinski definition) is 1. The highest BCUT2D eigenvalue weighted by Gasteiger charge is 2.16. The summed E-state index contributed by atoms with van der Waals surface area (Å²) in [6, 6.07) is 0. The summed E-state index contributed by atoms with van der Waals surface area (Å²) in [5.74, 6) is -2.07. The van der Waals surface area contributed by atoms with E-state index in [1.807, 2.05) is 0 Å². The number of aromatic nitrogens is 1. The lowest BCUT2D eigenvalue weighted by Crippen LogP contribution is -2.01. The summed E-state index contributed by atoms with van der Waals surface area (Å²) in [5, 5.41) is 8.25. The van der Waals surface area contributed by atoms with Gasteiger partial charge in [-0.05, 0) is 6.26 Å². The van der Waals surface area contributed by atoms with E-state index in [-0.39, 0.29) is 10.6 Å². The number of halogens is 2. The highest BCUT2D eigenvalue weighted by Crippen LogP contribution is 2.26. The SMILES string of the molecule is CSc1ncc(C(=O)O)c(Cl)c1F. The molecule has 3 nitrogen and oxygen atoms in total. The molecule has 0 saturated carbocycles. The molecular weight excluding hydrogens is 217 g/mol. The molecule has 1 rings (SSSR count). The quantitative estimate of drug-likeness (QED) is 0.779. The molecule has 0 aliphatic heterocycles. The molecule has 0 spiro atoms. The molecule has 0 aromatic carbocycles. The molecule has 70 valence electrons. The van der Waals surface area contributed by atoms with Gasteiger partial charge in [-0.1, -0.05) is 11.6 Å². The summed E-state index contributed by atoms with van der Waals surface area (Å²) in [7, 11) is 0. The van der Waals surface area contributed by atoms with Gasteiger partial charge in [0.1, 0.15) is 5.03 Å². The van der Waals surface area contributed by atoms with E-state index >= 15 is 0 Å². The smallest absolute Gasteiger partial charge is 0.338 e. The fraction of sp³-hybridized carbons (Fsp3) is 0.143. The van der Waals surface area contributed by atoms with Crippen molar-refractivity contribution in [1.29, 1.82) is 0 Å². The van der Waals surface area contributed by atoms with Crippen LogP contribution >= 0.6 is 23.4 Å². The Labute approximate surface area is 82.9 Å². The Morgan fingerprint density at radius 2 is 2.38 bits per heavy atom. The Morgan fingerprint density at radius 1 is 1.77 bits per heavy atom. The van der Waals surface area contributed by atoms with Crippen molar-refractivity contribution in [2.75, 3.05) is 6.26 Å². The zero-order valence-corrected chi connectivity index (χ0v) is 8.12. The Hall–Kier alpha value is -0.810. The molecular formula is C7H5ClFNO2S. The van der Waals surface area contributed by atoms with Gasteiger partial charge >= 0.3 is 5.97 Å². The van der Waals surface area contributed by atoms with Crippen LogP contribution in [0.5, 0.6) is 0 Å². The second kappa shape index (κ2) is 3.93. The topological polar surface area (TPSA) is 50.2 Å². The van der Waals surface area contributed by atoms with Crippen molar-refractivity contribution >= 4 is 29.3 Å². The van der Waals surface area contributed by atoms with Crippen LogP contribution in [0.3, 0.4) is 0 Å². The molecule has 1 aromatic heterocycles. The standard InChI is InChI=1S/C7H5ClFNO2S/c1-13-6-5(9)4(8)3(2-10-6)7(11)12/h2H,1H3,(H,11,12). The molecule has 0 fully saturated rings. The lowest BCUT2D eigenvalue weighted by atomic mass is 10.3. The zero-order valence-electron chi connectivity index (χ0n) is 6.54. The Bertz CT molecular complexity index is 359. The van der Waals surface area contributed by atoms with Gasteiger partial charge in [0.25, 0.3) is 0 Å². The second-order valence-corrected chi connectivity index (χ2v) is 3.29. The highest BCUT2D eigenvalue weighted by atomic mass is 35.5. The van der Waals surface area contributed by atoms with Gasteiger partial charge in [0.2, 0.25) is 0 Å². The van der Waals surface area contributed by atoms with E-state index in [1.165, 1.54) is 0 Å². The van der Waals surface area contributed by atoms with E-state index in [4.69, 9.17) is 16.7 Å². The van der Waals surface area contributed by atoms with E-state index in [0.29, 0.717) is 0 Å². The highest BCUT2D eigenvalue weighted by molar-refractivity contribution is 7.98. The van der Waals surface area contributed by atoms with Crippen LogP contribution in [-0.4, -0.2) is 22.3 Å². The van der Waals surface area contributed by atoms with Crippen molar-refractivity contribution in [2.45, 2.75) is 5.03 Å². The molecule has 0 bridgehead atoms. The van der Waals surface area contributed by atoms with Crippen LogP contribution in [0.2, 0.25) is 5.02 Å². The molecule has 0 aliphatic rings. The molecule has 1 heterocycles. The third-order valence-electron chi connectivity index (χ3n) is 1.35. The number of rotatable bonds is 2. The Balaban J connectivity index is 3.31.